The van der Waals surface area contributed by atoms with Gasteiger partial charge >= 0.3 is 0 Å². The summed E-state index contributed by atoms with van der Waals surface area (Å²) in [5, 5.41) is 8.69. The van der Waals surface area contributed by atoms with E-state index in [1.54, 1.807) is 11.9 Å². The highest BCUT2D eigenvalue weighted by atomic mass is 16.2. The molecule has 2 amide bonds. The van der Waals surface area contributed by atoms with E-state index in [0.717, 1.165) is 24.2 Å². The topological polar surface area (TPSA) is 125 Å². The first kappa shape index (κ1) is 32.3. The first-order valence-electron chi connectivity index (χ1n) is 10.5. The van der Waals surface area contributed by atoms with E-state index >= 15 is 0 Å². The minimum absolute atomic E-state index is 0.0269. The van der Waals surface area contributed by atoms with Gasteiger partial charge in [-0.2, -0.15) is 0 Å². The van der Waals surface area contributed by atoms with Gasteiger partial charge in [-0.15, -0.1) is 0 Å². The second-order valence-electron chi connectivity index (χ2n) is 6.70. The van der Waals surface area contributed by atoms with Crippen molar-refractivity contribution in [3.05, 3.63) is 59.7 Å². The highest BCUT2D eigenvalue weighted by Crippen LogP contribution is 2.14. The molecular weight excluding hydrogens is 436 g/mol. The SMILES string of the molecule is C=O.C=O.CC(=O)N(C)c1ccc(CCNC(=O)C=O)cc1.CNCCc1ccc(NC)cc1. The van der Waals surface area contributed by atoms with E-state index in [4.69, 9.17) is 9.59 Å². The molecule has 9 nitrogen and oxygen atoms in total. The maximum Gasteiger partial charge on any atom is 0.284 e. The van der Waals surface area contributed by atoms with Gasteiger partial charge in [0.2, 0.25) is 12.2 Å². The molecule has 186 valence electrons. The predicted molar refractivity (Wildman–Crippen MR) is 136 cm³/mol. The minimum Gasteiger partial charge on any atom is -0.388 e. The van der Waals surface area contributed by atoms with Gasteiger partial charge in [-0.1, -0.05) is 24.3 Å². The summed E-state index contributed by atoms with van der Waals surface area (Å²) in [4.78, 5) is 49.5. The standard InChI is InChI=1S/C13H16N2O3.C10H16N2.2CH2O/c1-10(17)15(2)12-5-3-11(4-6-12)7-8-14-13(18)9-16;1-11-8-7-9-3-5-10(12-2)6-4-9;2*1-2/h3-6,9H,7-8H2,1-2H3,(H,14,18);3-6,11-12H,7-8H2,1-2H3;2*1H2. The van der Waals surface area contributed by atoms with Crippen molar-refractivity contribution in [2.24, 2.45) is 0 Å². The molecule has 9 heteroatoms. The van der Waals surface area contributed by atoms with Gasteiger partial charge in [0.25, 0.3) is 5.91 Å². The van der Waals surface area contributed by atoms with Crippen molar-refractivity contribution < 1.29 is 24.0 Å². The Hall–Kier alpha value is -3.85. The van der Waals surface area contributed by atoms with Gasteiger partial charge in [-0.05, 0) is 61.8 Å². The van der Waals surface area contributed by atoms with Crippen molar-refractivity contribution in [3.63, 3.8) is 0 Å². The largest absolute Gasteiger partial charge is 0.388 e. The van der Waals surface area contributed by atoms with Gasteiger partial charge in [0.15, 0.2) is 0 Å². The minimum atomic E-state index is -0.608. The first-order chi connectivity index (χ1) is 16.4. The van der Waals surface area contributed by atoms with E-state index in [2.05, 4.69) is 40.2 Å². The number of hydrogen-bond acceptors (Lipinski definition) is 7. The van der Waals surface area contributed by atoms with Gasteiger partial charge in [-0.25, -0.2) is 0 Å². The lowest BCUT2D eigenvalue weighted by Crippen LogP contribution is -2.26. The van der Waals surface area contributed by atoms with Crippen LogP contribution in [0.3, 0.4) is 0 Å². The van der Waals surface area contributed by atoms with Gasteiger partial charge in [0.05, 0.1) is 0 Å². The summed E-state index contributed by atoms with van der Waals surface area (Å²) in [5.41, 5.74) is 4.40. The number of anilines is 2. The number of benzene rings is 2. The summed E-state index contributed by atoms with van der Waals surface area (Å²) in [6.45, 7) is 6.96. The number of nitrogens with one attached hydrogen (secondary N) is 3. The number of aldehydes is 1. The molecule has 0 fully saturated rings. The summed E-state index contributed by atoms with van der Waals surface area (Å²) in [6.07, 6.45) is 2.00. The summed E-state index contributed by atoms with van der Waals surface area (Å²) < 4.78 is 0. The second-order valence-corrected chi connectivity index (χ2v) is 6.70. The molecule has 0 saturated carbocycles. The Bertz CT molecular complexity index is 824. The quantitative estimate of drug-likeness (QED) is 0.374. The van der Waals surface area contributed by atoms with Crippen LogP contribution in [0.25, 0.3) is 0 Å². The molecule has 0 saturated heterocycles. The van der Waals surface area contributed by atoms with Gasteiger partial charge < -0.3 is 30.4 Å². The molecule has 0 aliphatic heterocycles. The van der Waals surface area contributed by atoms with Crippen molar-refractivity contribution in [3.8, 4) is 0 Å². The number of carbonyl (C=O) groups is 5. The molecule has 2 aromatic rings. The van der Waals surface area contributed by atoms with E-state index in [1.165, 1.54) is 18.2 Å². The lowest BCUT2D eigenvalue weighted by Gasteiger charge is -2.15. The van der Waals surface area contributed by atoms with Crippen LogP contribution < -0.4 is 20.9 Å². The number of likely N-dealkylation sites (N-methyl/N-ethyl adjacent to an activating group) is 1. The number of carbonyl (C=O) groups excluding carboxylic acids is 5. The molecule has 0 spiro atoms. The van der Waals surface area contributed by atoms with Crippen LogP contribution in [0.1, 0.15) is 18.1 Å². The van der Waals surface area contributed by atoms with Gasteiger partial charge in [-0.3, -0.25) is 14.4 Å². The van der Waals surface area contributed by atoms with Crippen molar-refractivity contribution in [1.29, 1.82) is 0 Å². The second kappa shape index (κ2) is 21.0. The van der Waals surface area contributed by atoms with Crippen LogP contribution in [-0.4, -0.2) is 65.9 Å². The molecule has 2 aromatic carbocycles. The van der Waals surface area contributed by atoms with E-state index in [-0.39, 0.29) is 12.2 Å². The highest BCUT2D eigenvalue weighted by molar-refractivity contribution is 6.23. The Kier molecular flexibility index (Phi) is 20.0. The number of hydrogen-bond donors (Lipinski definition) is 3. The number of nitrogens with zero attached hydrogens (tertiary/aromatic N) is 1. The van der Waals surface area contributed by atoms with Crippen molar-refractivity contribution in [1.82, 2.24) is 10.6 Å². The van der Waals surface area contributed by atoms with E-state index in [1.807, 2.05) is 51.9 Å². The van der Waals surface area contributed by atoms with Crippen molar-refractivity contribution >= 4 is 43.1 Å². The van der Waals surface area contributed by atoms with Crippen LogP contribution in [0.5, 0.6) is 0 Å². The lowest BCUT2D eigenvalue weighted by molar-refractivity contribution is -0.131. The molecule has 0 unspecified atom stereocenters. The summed E-state index contributed by atoms with van der Waals surface area (Å²) in [7, 11) is 5.62. The third-order valence-electron chi connectivity index (χ3n) is 4.52. The smallest absolute Gasteiger partial charge is 0.284 e. The molecular formula is C25H36N4O5. The molecule has 0 radical (unpaired) electrons. The van der Waals surface area contributed by atoms with Crippen LogP contribution in [0.2, 0.25) is 0 Å². The molecule has 0 heterocycles. The third kappa shape index (κ3) is 14.3. The molecule has 2 rings (SSSR count). The molecule has 0 atom stereocenters. The zero-order valence-electron chi connectivity index (χ0n) is 20.4. The zero-order chi connectivity index (χ0) is 26.4. The Labute approximate surface area is 201 Å². The van der Waals surface area contributed by atoms with E-state index in [9.17, 15) is 14.4 Å². The molecule has 0 aromatic heterocycles. The van der Waals surface area contributed by atoms with Crippen molar-refractivity contribution in [2.75, 3.05) is 44.4 Å². The van der Waals surface area contributed by atoms with Crippen LogP contribution in [0.15, 0.2) is 48.5 Å². The zero-order valence-corrected chi connectivity index (χ0v) is 20.4. The average molecular weight is 473 g/mol. The monoisotopic (exact) mass is 472 g/mol. The molecule has 0 aliphatic carbocycles. The summed E-state index contributed by atoms with van der Waals surface area (Å²) in [6, 6.07) is 16.0. The van der Waals surface area contributed by atoms with Crippen LogP contribution >= 0.6 is 0 Å². The molecule has 0 aliphatic rings. The van der Waals surface area contributed by atoms with E-state index in [0.29, 0.717) is 13.0 Å². The van der Waals surface area contributed by atoms with Crippen LogP contribution in [-0.2, 0) is 36.8 Å². The highest BCUT2D eigenvalue weighted by Gasteiger charge is 2.05. The Balaban J connectivity index is 0. The maximum atomic E-state index is 11.2. The summed E-state index contributed by atoms with van der Waals surface area (Å²) in [5.74, 6) is -0.635. The van der Waals surface area contributed by atoms with Crippen LogP contribution in [0, 0.1) is 0 Å². The fourth-order valence-corrected chi connectivity index (χ4v) is 2.55. The number of rotatable bonds is 9. The molecule has 34 heavy (non-hydrogen) atoms. The Morgan fingerprint density at radius 3 is 1.74 bits per heavy atom. The average Bonchev–Trinajstić information content (AvgIpc) is 2.90. The molecule has 3 N–H and O–H groups in total. The van der Waals surface area contributed by atoms with Gasteiger partial charge in [0, 0.05) is 38.9 Å². The van der Waals surface area contributed by atoms with Crippen molar-refractivity contribution in [2.45, 2.75) is 19.8 Å². The Morgan fingerprint density at radius 2 is 1.32 bits per heavy atom. The normalized spacial score (nSPS) is 8.82. The molecule has 0 bridgehead atoms. The first-order valence-corrected chi connectivity index (χ1v) is 10.5. The van der Waals surface area contributed by atoms with E-state index < -0.39 is 5.91 Å². The van der Waals surface area contributed by atoms with Crippen LogP contribution in [0.4, 0.5) is 11.4 Å². The van der Waals surface area contributed by atoms with Gasteiger partial charge in [0.1, 0.15) is 13.6 Å². The lowest BCUT2D eigenvalue weighted by atomic mass is 10.1. The predicted octanol–water partition coefficient (Wildman–Crippen LogP) is 1.65. The summed E-state index contributed by atoms with van der Waals surface area (Å²) >= 11 is 0. The fraction of sp³-hybridized carbons (Fsp3) is 0.320. The maximum absolute atomic E-state index is 11.2. The number of amides is 2. The third-order valence-corrected chi connectivity index (χ3v) is 4.52. The fourth-order valence-electron chi connectivity index (χ4n) is 2.55. The Morgan fingerprint density at radius 1 is 0.853 bits per heavy atom.